The van der Waals surface area contributed by atoms with Crippen molar-refractivity contribution in [3.8, 4) is 11.3 Å². The molecular weight excluding hydrogens is 318 g/mol. The van der Waals surface area contributed by atoms with Crippen LogP contribution in [-0.2, 0) is 16.6 Å². The van der Waals surface area contributed by atoms with Crippen LogP contribution in [0, 0.1) is 0 Å². The van der Waals surface area contributed by atoms with Crippen molar-refractivity contribution in [2.45, 2.75) is 19.4 Å². The van der Waals surface area contributed by atoms with Crippen LogP contribution < -0.4 is 5.32 Å². The average molecular weight is 336 g/mol. The topological polar surface area (TPSA) is 73.2 Å². The Morgan fingerprint density at radius 3 is 2.74 bits per heavy atom. The number of ether oxygens (including phenoxy) is 1. The number of methoxy groups -OCH3 is 1. The minimum Gasteiger partial charge on any atom is -0.469 e. The Morgan fingerprint density at radius 2 is 2.09 bits per heavy atom. The third kappa shape index (κ3) is 4.10. The Bertz CT molecular complexity index is 727. The fourth-order valence-corrected chi connectivity index (χ4v) is 2.42. The molecule has 1 heterocycles. The summed E-state index contributed by atoms with van der Waals surface area (Å²) in [5.41, 5.74) is 1.58. The van der Waals surface area contributed by atoms with Crippen LogP contribution in [0.3, 0.4) is 0 Å². The van der Waals surface area contributed by atoms with Crippen molar-refractivity contribution >= 4 is 23.5 Å². The standard InChI is InChI=1S/C16H18ClN3O3/c1-10(8-14(21)23-3)18-16(22)12-9-20(2)19-15(12)11-6-4-5-7-13(11)17/h4-7,9-10H,8H2,1-3H3,(H,18,22)/t10-/m0/s1. The number of rotatable bonds is 5. The van der Waals surface area contributed by atoms with Crippen molar-refractivity contribution in [1.29, 1.82) is 0 Å². The number of hydrogen-bond acceptors (Lipinski definition) is 4. The number of carbonyl (C=O) groups is 2. The zero-order valence-electron chi connectivity index (χ0n) is 13.2. The summed E-state index contributed by atoms with van der Waals surface area (Å²) in [6, 6.07) is 6.84. The second kappa shape index (κ2) is 7.28. The van der Waals surface area contributed by atoms with Crippen LogP contribution in [0.25, 0.3) is 11.3 Å². The predicted octanol–water partition coefficient (Wildman–Crippen LogP) is 2.42. The van der Waals surface area contributed by atoms with Gasteiger partial charge in [0.25, 0.3) is 5.91 Å². The van der Waals surface area contributed by atoms with Gasteiger partial charge in [0.15, 0.2) is 0 Å². The minimum atomic E-state index is -0.379. The van der Waals surface area contributed by atoms with Crippen molar-refractivity contribution in [3.63, 3.8) is 0 Å². The normalized spacial score (nSPS) is 11.8. The first-order chi connectivity index (χ1) is 10.9. The van der Waals surface area contributed by atoms with Gasteiger partial charge in [-0.15, -0.1) is 0 Å². The Kier molecular flexibility index (Phi) is 5.39. The summed E-state index contributed by atoms with van der Waals surface area (Å²) in [7, 11) is 3.04. The molecule has 1 aromatic heterocycles. The Labute approximate surface area is 139 Å². The third-order valence-corrected chi connectivity index (χ3v) is 3.61. The Morgan fingerprint density at radius 1 is 1.39 bits per heavy atom. The number of aromatic nitrogens is 2. The molecule has 122 valence electrons. The molecule has 0 fully saturated rings. The van der Waals surface area contributed by atoms with Gasteiger partial charge in [0.2, 0.25) is 0 Å². The first kappa shape index (κ1) is 17.0. The highest BCUT2D eigenvalue weighted by Gasteiger charge is 2.21. The maximum absolute atomic E-state index is 12.5. The molecule has 0 bridgehead atoms. The predicted molar refractivity (Wildman–Crippen MR) is 87.2 cm³/mol. The van der Waals surface area contributed by atoms with Gasteiger partial charge in [-0.3, -0.25) is 14.3 Å². The number of nitrogens with one attached hydrogen (secondary N) is 1. The van der Waals surface area contributed by atoms with Crippen LogP contribution >= 0.6 is 11.6 Å². The highest BCUT2D eigenvalue weighted by atomic mass is 35.5. The summed E-state index contributed by atoms with van der Waals surface area (Å²) in [5.74, 6) is -0.695. The molecular formula is C16H18ClN3O3. The zero-order chi connectivity index (χ0) is 17.0. The van der Waals surface area contributed by atoms with E-state index in [0.717, 1.165) is 0 Å². The molecule has 0 spiro atoms. The molecule has 0 saturated carbocycles. The molecule has 1 amide bonds. The maximum atomic E-state index is 12.5. The first-order valence-electron chi connectivity index (χ1n) is 7.08. The van der Waals surface area contributed by atoms with E-state index in [9.17, 15) is 9.59 Å². The van der Waals surface area contributed by atoms with Crippen LogP contribution in [0.4, 0.5) is 0 Å². The largest absolute Gasteiger partial charge is 0.469 e. The summed E-state index contributed by atoms with van der Waals surface area (Å²) in [5, 5.41) is 7.61. The summed E-state index contributed by atoms with van der Waals surface area (Å²) >= 11 is 6.20. The molecule has 0 saturated heterocycles. The van der Waals surface area contributed by atoms with E-state index in [1.165, 1.54) is 7.11 Å². The number of halogens is 1. The van der Waals surface area contributed by atoms with Gasteiger partial charge >= 0.3 is 5.97 Å². The number of nitrogens with zero attached hydrogens (tertiary/aromatic N) is 2. The fourth-order valence-electron chi connectivity index (χ4n) is 2.19. The lowest BCUT2D eigenvalue weighted by atomic mass is 10.1. The molecule has 0 aliphatic carbocycles. The van der Waals surface area contributed by atoms with E-state index in [0.29, 0.717) is 21.8 Å². The van der Waals surface area contributed by atoms with E-state index < -0.39 is 0 Å². The minimum absolute atomic E-state index is 0.101. The lowest BCUT2D eigenvalue weighted by molar-refractivity contribution is -0.141. The van der Waals surface area contributed by atoms with Crippen molar-refractivity contribution in [2.75, 3.05) is 7.11 Å². The lowest BCUT2D eigenvalue weighted by Gasteiger charge is -2.12. The van der Waals surface area contributed by atoms with E-state index in [2.05, 4.69) is 15.2 Å². The molecule has 1 atom stereocenters. The van der Waals surface area contributed by atoms with Crippen LogP contribution in [-0.4, -0.2) is 34.8 Å². The smallest absolute Gasteiger partial charge is 0.307 e. The summed E-state index contributed by atoms with van der Waals surface area (Å²) < 4.78 is 6.15. The van der Waals surface area contributed by atoms with Gasteiger partial charge in [0, 0.05) is 24.8 Å². The molecule has 1 aromatic carbocycles. The molecule has 2 aromatic rings. The van der Waals surface area contributed by atoms with Gasteiger partial charge < -0.3 is 10.1 Å². The molecule has 23 heavy (non-hydrogen) atoms. The van der Waals surface area contributed by atoms with Gasteiger partial charge in [-0.25, -0.2) is 0 Å². The monoisotopic (exact) mass is 335 g/mol. The van der Waals surface area contributed by atoms with Gasteiger partial charge in [0.1, 0.15) is 5.69 Å². The fraction of sp³-hybridized carbons (Fsp3) is 0.312. The molecule has 7 heteroatoms. The molecule has 0 aliphatic rings. The van der Waals surface area contributed by atoms with Crippen LogP contribution in [0.15, 0.2) is 30.5 Å². The lowest BCUT2D eigenvalue weighted by Crippen LogP contribution is -2.34. The van der Waals surface area contributed by atoms with E-state index >= 15 is 0 Å². The number of amides is 1. The number of benzene rings is 1. The molecule has 0 unspecified atom stereocenters. The molecule has 6 nitrogen and oxygen atoms in total. The quantitative estimate of drug-likeness (QED) is 0.852. The van der Waals surface area contributed by atoms with E-state index in [1.54, 1.807) is 37.0 Å². The van der Waals surface area contributed by atoms with E-state index in [4.69, 9.17) is 11.6 Å². The number of hydrogen-bond donors (Lipinski definition) is 1. The van der Waals surface area contributed by atoms with Gasteiger partial charge in [-0.1, -0.05) is 29.8 Å². The van der Waals surface area contributed by atoms with Crippen molar-refractivity contribution in [2.24, 2.45) is 7.05 Å². The Hall–Kier alpha value is -2.34. The third-order valence-electron chi connectivity index (χ3n) is 3.28. The van der Waals surface area contributed by atoms with Crippen LogP contribution in [0.5, 0.6) is 0 Å². The maximum Gasteiger partial charge on any atom is 0.307 e. The van der Waals surface area contributed by atoms with Crippen LogP contribution in [0.1, 0.15) is 23.7 Å². The van der Waals surface area contributed by atoms with Crippen LogP contribution in [0.2, 0.25) is 5.02 Å². The van der Waals surface area contributed by atoms with Crippen molar-refractivity contribution in [1.82, 2.24) is 15.1 Å². The van der Waals surface area contributed by atoms with Gasteiger partial charge in [-0.2, -0.15) is 5.10 Å². The average Bonchev–Trinajstić information content (AvgIpc) is 2.89. The second-order valence-corrected chi connectivity index (χ2v) is 5.61. The summed E-state index contributed by atoms with van der Waals surface area (Å²) in [6.07, 6.45) is 1.72. The van der Waals surface area contributed by atoms with E-state index in [1.807, 2.05) is 12.1 Å². The SMILES string of the molecule is COC(=O)C[C@H](C)NC(=O)c1cn(C)nc1-c1ccccc1Cl. The Balaban J connectivity index is 2.25. The van der Waals surface area contributed by atoms with Crippen molar-refractivity contribution < 1.29 is 14.3 Å². The highest BCUT2D eigenvalue weighted by molar-refractivity contribution is 6.33. The highest BCUT2D eigenvalue weighted by Crippen LogP contribution is 2.28. The van der Waals surface area contributed by atoms with E-state index in [-0.39, 0.29) is 24.3 Å². The summed E-state index contributed by atoms with van der Waals surface area (Å²) in [6.45, 7) is 1.74. The summed E-state index contributed by atoms with van der Waals surface area (Å²) in [4.78, 5) is 23.8. The number of esters is 1. The first-order valence-corrected chi connectivity index (χ1v) is 7.46. The molecule has 1 N–H and O–H groups in total. The molecule has 0 aliphatic heterocycles. The van der Waals surface area contributed by atoms with Gasteiger partial charge in [-0.05, 0) is 13.0 Å². The van der Waals surface area contributed by atoms with Gasteiger partial charge in [0.05, 0.1) is 24.1 Å². The zero-order valence-corrected chi connectivity index (χ0v) is 13.9. The number of carbonyl (C=O) groups excluding carboxylic acids is 2. The molecule has 0 radical (unpaired) electrons. The number of aryl methyl sites for hydroxylation is 1. The van der Waals surface area contributed by atoms with Crippen molar-refractivity contribution in [3.05, 3.63) is 41.0 Å². The molecule has 2 rings (SSSR count). The second-order valence-electron chi connectivity index (χ2n) is 5.20.